The highest BCUT2D eigenvalue weighted by Crippen LogP contribution is 2.55. The van der Waals surface area contributed by atoms with Crippen LogP contribution in [0, 0.1) is 17.8 Å². The summed E-state index contributed by atoms with van der Waals surface area (Å²) in [6.07, 6.45) is 4.66. The third-order valence-electron chi connectivity index (χ3n) is 4.23. The Morgan fingerprint density at radius 3 is 1.91 bits per heavy atom. The molecule has 114 valence electrons. The van der Waals surface area contributed by atoms with E-state index in [9.17, 15) is 19.8 Å². The highest BCUT2D eigenvalue weighted by Gasteiger charge is 2.58. The molecule has 0 amide bonds. The van der Waals surface area contributed by atoms with Gasteiger partial charge in [-0.05, 0) is 11.1 Å². The smallest absolute Gasteiger partial charge is 0.307 e. The molecule has 2 rings (SSSR count). The van der Waals surface area contributed by atoms with Gasteiger partial charge in [-0.15, -0.1) is 0 Å². The Morgan fingerprint density at radius 2 is 1.50 bits per heavy atom. The Hall–Kier alpha value is -2.62. The van der Waals surface area contributed by atoms with Crippen LogP contribution < -0.4 is 0 Å². The van der Waals surface area contributed by atoms with E-state index in [2.05, 4.69) is 13.2 Å². The lowest BCUT2D eigenvalue weighted by atomic mass is 9.52. The van der Waals surface area contributed by atoms with Gasteiger partial charge in [-0.1, -0.05) is 61.7 Å². The number of benzene rings is 1. The first kappa shape index (κ1) is 15.8. The van der Waals surface area contributed by atoms with E-state index in [-0.39, 0.29) is 0 Å². The Balaban J connectivity index is 2.49. The lowest BCUT2D eigenvalue weighted by Crippen LogP contribution is -2.53. The molecule has 1 aliphatic carbocycles. The summed E-state index contributed by atoms with van der Waals surface area (Å²) in [7, 11) is 0. The summed E-state index contributed by atoms with van der Waals surface area (Å²) in [5.41, 5.74) is 1.34. The topological polar surface area (TPSA) is 74.6 Å². The molecule has 1 aliphatic rings. The van der Waals surface area contributed by atoms with Crippen molar-refractivity contribution in [2.24, 2.45) is 17.8 Å². The quantitative estimate of drug-likeness (QED) is 0.791. The maximum absolute atomic E-state index is 11.7. The zero-order valence-electron chi connectivity index (χ0n) is 12.1. The monoisotopic (exact) mass is 298 g/mol. The van der Waals surface area contributed by atoms with Crippen LogP contribution in [0.25, 0.3) is 0 Å². The summed E-state index contributed by atoms with van der Waals surface area (Å²) >= 11 is 0. The molecule has 2 N–H and O–H groups in total. The molecule has 0 unspecified atom stereocenters. The van der Waals surface area contributed by atoms with Crippen LogP contribution in [-0.4, -0.2) is 22.2 Å². The minimum Gasteiger partial charge on any atom is -0.481 e. The number of aliphatic carboxylic acids is 2. The fourth-order valence-electron chi connectivity index (χ4n) is 3.32. The summed E-state index contributed by atoms with van der Waals surface area (Å²) in [5.74, 6) is -4.70. The second-order valence-corrected chi connectivity index (χ2v) is 5.30. The predicted octanol–water partition coefficient (Wildman–Crippen LogP) is 3.10. The van der Waals surface area contributed by atoms with Gasteiger partial charge in [0, 0.05) is 11.8 Å². The highest BCUT2D eigenvalue weighted by atomic mass is 16.4. The second kappa shape index (κ2) is 6.43. The number of hydrogen-bond donors (Lipinski definition) is 2. The van der Waals surface area contributed by atoms with Gasteiger partial charge < -0.3 is 10.2 Å². The number of carboxylic acids is 2. The maximum Gasteiger partial charge on any atom is 0.307 e. The molecular weight excluding hydrogens is 280 g/mol. The number of rotatable bonds is 6. The number of carboxylic acid groups (broad SMARTS) is 2. The minimum atomic E-state index is -0.992. The van der Waals surface area contributed by atoms with Gasteiger partial charge in [0.1, 0.15) is 0 Å². The summed E-state index contributed by atoms with van der Waals surface area (Å²) in [6.45, 7) is 7.25. The molecule has 0 radical (unpaired) electrons. The summed E-state index contributed by atoms with van der Waals surface area (Å²) in [5, 5.41) is 19.1. The minimum absolute atomic E-state index is 0.547. The number of carbonyl (C=O) groups is 2. The molecule has 22 heavy (non-hydrogen) atoms. The standard InChI is InChI=1S/C18H18O4/c1-3-8-11(4-2)13-15(17(19)20)14(16(13)18(21)22)12-9-6-5-7-10-12/h3-10,13-16H,1-2H2,(H,19,20)(H,21,22)/b11-8+/t13?,14?,15-,16-/m0/s1. The number of hydrogen-bond acceptors (Lipinski definition) is 2. The van der Waals surface area contributed by atoms with Gasteiger partial charge >= 0.3 is 11.9 Å². The van der Waals surface area contributed by atoms with E-state index in [1.54, 1.807) is 30.3 Å². The Labute approximate surface area is 129 Å². The van der Waals surface area contributed by atoms with E-state index in [0.29, 0.717) is 5.57 Å². The molecule has 0 aromatic heterocycles. The van der Waals surface area contributed by atoms with Crippen LogP contribution in [0.1, 0.15) is 11.5 Å². The Kier molecular flexibility index (Phi) is 4.61. The summed E-state index contributed by atoms with van der Waals surface area (Å²) in [4.78, 5) is 23.4. The normalized spacial score (nSPS) is 27.5. The molecule has 0 saturated heterocycles. The van der Waals surface area contributed by atoms with Crippen molar-refractivity contribution < 1.29 is 19.8 Å². The molecule has 0 spiro atoms. The van der Waals surface area contributed by atoms with Crippen LogP contribution in [-0.2, 0) is 9.59 Å². The predicted molar refractivity (Wildman–Crippen MR) is 83.4 cm³/mol. The SMILES string of the molecule is C=C/C=C(\C=C)C1[C@H](C(=O)O)C(c2ccccc2)[C@H]1C(=O)O. The largest absolute Gasteiger partial charge is 0.481 e. The van der Waals surface area contributed by atoms with Crippen LogP contribution in [0.15, 0.2) is 67.3 Å². The zero-order chi connectivity index (χ0) is 16.3. The third-order valence-corrected chi connectivity index (χ3v) is 4.23. The van der Waals surface area contributed by atoms with Crippen LogP contribution >= 0.6 is 0 Å². The Morgan fingerprint density at radius 1 is 0.955 bits per heavy atom. The van der Waals surface area contributed by atoms with E-state index in [1.165, 1.54) is 12.2 Å². The van der Waals surface area contributed by atoms with Crippen molar-refractivity contribution >= 4 is 11.9 Å². The second-order valence-electron chi connectivity index (χ2n) is 5.30. The van der Waals surface area contributed by atoms with Crippen LogP contribution in [0.5, 0.6) is 0 Å². The maximum atomic E-state index is 11.7. The van der Waals surface area contributed by atoms with Gasteiger partial charge in [0.25, 0.3) is 0 Å². The molecule has 1 aromatic carbocycles. The van der Waals surface area contributed by atoms with Gasteiger partial charge in [-0.25, -0.2) is 0 Å². The van der Waals surface area contributed by atoms with Gasteiger partial charge in [0.05, 0.1) is 11.8 Å². The van der Waals surface area contributed by atoms with Gasteiger partial charge in [0.15, 0.2) is 0 Å². The fourth-order valence-corrected chi connectivity index (χ4v) is 3.32. The van der Waals surface area contributed by atoms with Crippen LogP contribution in [0.3, 0.4) is 0 Å². The van der Waals surface area contributed by atoms with E-state index in [1.807, 2.05) is 6.07 Å². The van der Waals surface area contributed by atoms with Crippen LogP contribution in [0.2, 0.25) is 0 Å². The van der Waals surface area contributed by atoms with Gasteiger partial charge in [0.2, 0.25) is 0 Å². The van der Waals surface area contributed by atoms with E-state index >= 15 is 0 Å². The molecular formula is C18H18O4. The van der Waals surface area contributed by atoms with E-state index in [4.69, 9.17) is 0 Å². The average Bonchev–Trinajstić information content (AvgIpc) is 2.45. The third kappa shape index (κ3) is 2.60. The number of allylic oxidation sites excluding steroid dienone is 4. The zero-order valence-corrected chi connectivity index (χ0v) is 12.1. The van der Waals surface area contributed by atoms with Crippen molar-refractivity contribution in [2.75, 3.05) is 0 Å². The van der Waals surface area contributed by atoms with Crippen molar-refractivity contribution in [2.45, 2.75) is 5.92 Å². The average molecular weight is 298 g/mol. The molecule has 1 fully saturated rings. The lowest BCUT2D eigenvalue weighted by molar-refractivity contribution is -0.162. The fraction of sp³-hybridized carbons (Fsp3) is 0.222. The molecule has 1 saturated carbocycles. The van der Waals surface area contributed by atoms with Crippen molar-refractivity contribution in [3.63, 3.8) is 0 Å². The van der Waals surface area contributed by atoms with Crippen molar-refractivity contribution in [1.82, 2.24) is 0 Å². The van der Waals surface area contributed by atoms with E-state index < -0.39 is 35.6 Å². The van der Waals surface area contributed by atoms with Gasteiger partial charge in [-0.3, -0.25) is 9.59 Å². The van der Waals surface area contributed by atoms with Crippen LogP contribution in [0.4, 0.5) is 0 Å². The molecule has 1 aromatic rings. The molecule has 0 aliphatic heterocycles. The first-order chi connectivity index (χ1) is 10.5. The van der Waals surface area contributed by atoms with Crippen molar-refractivity contribution in [1.29, 1.82) is 0 Å². The molecule has 0 heterocycles. The molecule has 0 bridgehead atoms. The van der Waals surface area contributed by atoms with Crippen molar-refractivity contribution in [3.8, 4) is 0 Å². The molecule has 2 atom stereocenters. The van der Waals surface area contributed by atoms with E-state index in [0.717, 1.165) is 5.56 Å². The molecule has 4 heteroatoms. The van der Waals surface area contributed by atoms with Crippen molar-refractivity contribution in [3.05, 3.63) is 72.9 Å². The first-order valence-electron chi connectivity index (χ1n) is 6.98. The first-order valence-corrected chi connectivity index (χ1v) is 6.98. The lowest BCUT2D eigenvalue weighted by Gasteiger charge is -2.48. The summed E-state index contributed by atoms with van der Waals surface area (Å²) in [6, 6.07) is 8.94. The molecule has 4 nitrogen and oxygen atoms in total. The summed E-state index contributed by atoms with van der Waals surface area (Å²) < 4.78 is 0. The Bertz CT molecular complexity index is 608. The highest BCUT2D eigenvalue weighted by molar-refractivity contribution is 5.83. The van der Waals surface area contributed by atoms with Gasteiger partial charge in [-0.2, -0.15) is 0 Å².